The van der Waals surface area contributed by atoms with Gasteiger partial charge in [-0.3, -0.25) is 0 Å². The Balaban J connectivity index is 1.97. The van der Waals surface area contributed by atoms with Gasteiger partial charge in [-0.2, -0.15) is 0 Å². The van der Waals surface area contributed by atoms with Gasteiger partial charge in [-0.15, -0.1) is 0 Å². The number of ether oxygens (including phenoxy) is 1. The van der Waals surface area contributed by atoms with Crippen LogP contribution in [0.3, 0.4) is 0 Å². The van der Waals surface area contributed by atoms with Crippen LogP contribution >= 0.6 is 0 Å². The number of hydrogen-bond donors (Lipinski definition) is 1. The smallest absolute Gasteiger partial charge is 0.410 e. The maximum Gasteiger partial charge on any atom is 0.410 e. The predicted octanol–water partition coefficient (Wildman–Crippen LogP) is 1.73. The van der Waals surface area contributed by atoms with Crippen molar-refractivity contribution < 1.29 is 9.53 Å². The van der Waals surface area contributed by atoms with Gasteiger partial charge < -0.3 is 15.4 Å². The summed E-state index contributed by atoms with van der Waals surface area (Å²) in [6.45, 7) is 7.10. The lowest BCUT2D eigenvalue weighted by atomic mass is 9.92. The van der Waals surface area contributed by atoms with Crippen LogP contribution in [0.1, 0.15) is 40.0 Å². The van der Waals surface area contributed by atoms with E-state index in [1.165, 1.54) is 6.42 Å². The number of amides is 1. The lowest BCUT2D eigenvalue weighted by Crippen LogP contribution is -2.45. The molecule has 4 heteroatoms. The summed E-state index contributed by atoms with van der Waals surface area (Å²) in [4.78, 5) is 13.7. The van der Waals surface area contributed by atoms with Gasteiger partial charge in [-0.05, 0) is 39.5 Å². The molecule has 2 aliphatic rings. The Morgan fingerprint density at radius 2 is 2.19 bits per heavy atom. The molecule has 2 N–H and O–H groups in total. The van der Waals surface area contributed by atoms with Crippen LogP contribution in [0.4, 0.5) is 4.79 Å². The van der Waals surface area contributed by atoms with Gasteiger partial charge in [0, 0.05) is 18.6 Å². The van der Waals surface area contributed by atoms with Crippen LogP contribution in [0.15, 0.2) is 0 Å². The monoisotopic (exact) mass is 226 g/mol. The van der Waals surface area contributed by atoms with E-state index in [2.05, 4.69) is 0 Å². The molecule has 2 rings (SSSR count). The van der Waals surface area contributed by atoms with E-state index in [0.717, 1.165) is 19.4 Å². The molecule has 1 saturated carbocycles. The van der Waals surface area contributed by atoms with Crippen molar-refractivity contribution in [2.75, 3.05) is 13.1 Å². The number of nitrogens with two attached hydrogens (primary N) is 1. The molecule has 0 spiro atoms. The second-order valence-electron chi connectivity index (χ2n) is 6.18. The van der Waals surface area contributed by atoms with Crippen LogP contribution in [0, 0.1) is 5.92 Å². The summed E-state index contributed by atoms with van der Waals surface area (Å²) in [5, 5.41) is 0. The maximum atomic E-state index is 11.9. The molecule has 1 aliphatic heterocycles. The number of carbonyl (C=O) groups is 1. The molecule has 4 nitrogen and oxygen atoms in total. The van der Waals surface area contributed by atoms with Crippen molar-refractivity contribution in [2.24, 2.45) is 11.7 Å². The Morgan fingerprint density at radius 1 is 1.50 bits per heavy atom. The molecule has 0 radical (unpaired) electrons. The normalized spacial score (nSPS) is 34.0. The zero-order valence-corrected chi connectivity index (χ0v) is 10.5. The van der Waals surface area contributed by atoms with Crippen molar-refractivity contribution in [1.29, 1.82) is 0 Å². The second-order valence-corrected chi connectivity index (χ2v) is 6.18. The van der Waals surface area contributed by atoms with Gasteiger partial charge in [0.1, 0.15) is 5.60 Å². The van der Waals surface area contributed by atoms with Crippen LogP contribution < -0.4 is 5.73 Å². The standard InChI is InChI=1S/C12H22N2O2/c1-11(2,3)16-10(15)14-7-9-5-4-6-12(9,13)8-14/h9H,4-8,13H2,1-3H3. The number of likely N-dealkylation sites (tertiary alicyclic amines) is 1. The van der Waals surface area contributed by atoms with Gasteiger partial charge in [0.15, 0.2) is 0 Å². The van der Waals surface area contributed by atoms with Crippen LogP contribution in [0.2, 0.25) is 0 Å². The Bertz CT molecular complexity index is 298. The summed E-state index contributed by atoms with van der Waals surface area (Å²) in [6.07, 6.45) is 3.17. The third kappa shape index (κ3) is 2.17. The van der Waals surface area contributed by atoms with Crippen molar-refractivity contribution >= 4 is 6.09 Å². The highest BCUT2D eigenvalue weighted by atomic mass is 16.6. The van der Waals surface area contributed by atoms with E-state index >= 15 is 0 Å². The van der Waals surface area contributed by atoms with Crippen molar-refractivity contribution in [3.05, 3.63) is 0 Å². The van der Waals surface area contributed by atoms with Crippen LogP contribution in [0.25, 0.3) is 0 Å². The molecular weight excluding hydrogens is 204 g/mol. The number of nitrogens with zero attached hydrogens (tertiary/aromatic N) is 1. The van der Waals surface area contributed by atoms with Crippen LogP contribution in [-0.2, 0) is 4.74 Å². The fourth-order valence-corrected chi connectivity index (χ4v) is 2.80. The van der Waals surface area contributed by atoms with Gasteiger partial charge in [-0.25, -0.2) is 4.79 Å². The van der Waals surface area contributed by atoms with E-state index in [1.54, 1.807) is 4.90 Å². The lowest BCUT2D eigenvalue weighted by Gasteiger charge is -2.26. The van der Waals surface area contributed by atoms with E-state index in [1.807, 2.05) is 20.8 Å². The van der Waals surface area contributed by atoms with Gasteiger partial charge in [0.05, 0.1) is 0 Å². The minimum atomic E-state index is -0.420. The zero-order chi connectivity index (χ0) is 12.0. The third-order valence-corrected chi connectivity index (χ3v) is 3.59. The van der Waals surface area contributed by atoms with Gasteiger partial charge in [-0.1, -0.05) is 6.42 Å². The van der Waals surface area contributed by atoms with E-state index in [-0.39, 0.29) is 11.6 Å². The Hall–Kier alpha value is -0.770. The van der Waals surface area contributed by atoms with Crippen LogP contribution in [-0.4, -0.2) is 35.2 Å². The first kappa shape index (κ1) is 11.7. The molecule has 0 aromatic heterocycles. The van der Waals surface area contributed by atoms with E-state index < -0.39 is 5.60 Å². The molecule has 0 bridgehead atoms. The Labute approximate surface area is 97.1 Å². The van der Waals surface area contributed by atoms with E-state index in [4.69, 9.17) is 10.5 Å². The SMILES string of the molecule is CC(C)(C)OC(=O)N1CC2CCCC2(N)C1. The zero-order valence-electron chi connectivity index (χ0n) is 10.5. The van der Waals surface area contributed by atoms with E-state index in [0.29, 0.717) is 12.5 Å². The second kappa shape index (κ2) is 3.62. The third-order valence-electron chi connectivity index (χ3n) is 3.59. The predicted molar refractivity (Wildman–Crippen MR) is 62.1 cm³/mol. The molecule has 2 atom stereocenters. The summed E-state index contributed by atoms with van der Waals surface area (Å²) in [5.74, 6) is 0.472. The summed E-state index contributed by atoms with van der Waals surface area (Å²) in [7, 11) is 0. The fourth-order valence-electron chi connectivity index (χ4n) is 2.80. The van der Waals surface area contributed by atoms with Gasteiger partial charge >= 0.3 is 6.09 Å². The van der Waals surface area contributed by atoms with Crippen molar-refractivity contribution in [2.45, 2.75) is 51.2 Å². The largest absolute Gasteiger partial charge is 0.444 e. The molecule has 2 fully saturated rings. The highest BCUT2D eigenvalue weighted by Gasteiger charge is 2.48. The molecule has 0 aromatic carbocycles. The minimum absolute atomic E-state index is 0.142. The minimum Gasteiger partial charge on any atom is -0.444 e. The molecule has 1 saturated heterocycles. The summed E-state index contributed by atoms with van der Waals surface area (Å²) >= 11 is 0. The molecule has 92 valence electrons. The molecule has 1 heterocycles. The number of carbonyl (C=O) groups excluding carboxylic acids is 1. The number of hydrogen-bond acceptors (Lipinski definition) is 3. The van der Waals surface area contributed by atoms with Gasteiger partial charge in [0.2, 0.25) is 0 Å². The lowest BCUT2D eigenvalue weighted by molar-refractivity contribution is 0.0277. The topological polar surface area (TPSA) is 55.6 Å². The summed E-state index contributed by atoms with van der Waals surface area (Å²) in [6, 6.07) is 0. The number of fused-ring (bicyclic) bond motifs is 1. The Morgan fingerprint density at radius 3 is 2.75 bits per heavy atom. The maximum absolute atomic E-state index is 11.9. The highest BCUT2D eigenvalue weighted by Crippen LogP contribution is 2.39. The van der Waals surface area contributed by atoms with Crippen LogP contribution in [0.5, 0.6) is 0 Å². The first-order chi connectivity index (χ1) is 7.30. The first-order valence-corrected chi connectivity index (χ1v) is 6.07. The summed E-state index contributed by atoms with van der Waals surface area (Å²) in [5.41, 5.74) is 5.74. The van der Waals surface area contributed by atoms with Crippen molar-refractivity contribution in [3.8, 4) is 0 Å². The molecular formula is C12H22N2O2. The van der Waals surface area contributed by atoms with Crippen molar-refractivity contribution in [1.82, 2.24) is 4.90 Å². The molecule has 2 unspecified atom stereocenters. The first-order valence-electron chi connectivity index (χ1n) is 6.07. The number of rotatable bonds is 0. The fraction of sp³-hybridized carbons (Fsp3) is 0.917. The molecule has 0 aromatic rings. The molecule has 16 heavy (non-hydrogen) atoms. The van der Waals surface area contributed by atoms with Crippen molar-refractivity contribution in [3.63, 3.8) is 0 Å². The quantitative estimate of drug-likeness (QED) is 0.684. The Kier molecular flexibility index (Phi) is 2.65. The average molecular weight is 226 g/mol. The highest BCUT2D eigenvalue weighted by molar-refractivity contribution is 5.69. The molecule has 1 amide bonds. The van der Waals surface area contributed by atoms with Gasteiger partial charge in [0.25, 0.3) is 0 Å². The molecule has 1 aliphatic carbocycles. The summed E-state index contributed by atoms with van der Waals surface area (Å²) < 4.78 is 5.36. The van der Waals surface area contributed by atoms with E-state index in [9.17, 15) is 4.79 Å². The average Bonchev–Trinajstić information content (AvgIpc) is 2.55.